The predicted molar refractivity (Wildman–Crippen MR) is 100.0 cm³/mol. The summed E-state index contributed by atoms with van der Waals surface area (Å²) in [6.45, 7) is 3.35. The molecule has 1 aromatic carbocycles. The van der Waals surface area contributed by atoms with Gasteiger partial charge in [0, 0.05) is 17.4 Å². The second-order valence-electron chi connectivity index (χ2n) is 6.23. The first kappa shape index (κ1) is 19.2. The zero-order chi connectivity index (χ0) is 19.7. The smallest absolute Gasteiger partial charge is 0.355 e. The standard InChI is InChI=1S/C18H18BrN3O5/c1-3-27-18(26)14-13-15(21(20-14)9-8-10(2)23)17(25)22(16(13)24)12-6-4-11(19)5-7-12/h4-7,13,15H,3,8-9H2,1-2H3/t13-,15+/m1/s1. The Bertz CT molecular complexity index is 836. The lowest BCUT2D eigenvalue weighted by molar-refractivity contribution is -0.136. The number of benzene rings is 1. The number of imide groups is 1. The Morgan fingerprint density at radius 1 is 1.19 bits per heavy atom. The number of Topliss-reactive ketones (excluding diaryl/α,β-unsaturated/α-hetero) is 1. The summed E-state index contributed by atoms with van der Waals surface area (Å²) in [6, 6.07) is 5.78. The van der Waals surface area contributed by atoms with Crippen LogP contribution in [-0.2, 0) is 23.9 Å². The molecular weight excluding hydrogens is 418 g/mol. The molecule has 0 radical (unpaired) electrons. The summed E-state index contributed by atoms with van der Waals surface area (Å²) in [6.07, 6.45) is 0.155. The number of hydrazone groups is 1. The van der Waals surface area contributed by atoms with Gasteiger partial charge < -0.3 is 4.74 Å². The number of amides is 2. The zero-order valence-electron chi connectivity index (χ0n) is 14.8. The van der Waals surface area contributed by atoms with Crippen molar-refractivity contribution in [2.24, 2.45) is 11.0 Å². The van der Waals surface area contributed by atoms with E-state index in [9.17, 15) is 19.2 Å². The van der Waals surface area contributed by atoms with Gasteiger partial charge in [0.05, 0.1) is 12.3 Å². The van der Waals surface area contributed by atoms with Gasteiger partial charge >= 0.3 is 5.97 Å². The van der Waals surface area contributed by atoms with Crippen LogP contribution in [0.5, 0.6) is 0 Å². The third kappa shape index (κ3) is 3.51. The van der Waals surface area contributed by atoms with Gasteiger partial charge in [-0.3, -0.25) is 19.4 Å². The minimum absolute atomic E-state index is 0.0760. The third-order valence-electron chi connectivity index (χ3n) is 4.39. The van der Waals surface area contributed by atoms with Crippen LogP contribution in [0.15, 0.2) is 33.8 Å². The molecule has 0 aliphatic carbocycles. The quantitative estimate of drug-likeness (QED) is 0.496. The maximum Gasteiger partial charge on any atom is 0.355 e. The summed E-state index contributed by atoms with van der Waals surface area (Å²) in [5.74, 6) is -2.83. The normalized spacial score (nSPS) is 21.4. The summed E-state index contributed by atoms with van der Waals surface area (Å²) in [5, 5.41) is 5.51. The zero-order valence-corrected chi connectivity index (χ0v) is 16.4. The summed E-state index contributed by atoms with van der Waals surface area (Å²) < 4.78 is 5.80. The molecule has 0 unspecified atom stereocenters. The van der Waals surface area contributed by atoms with Crippen LogP contribution in [0.25, 0.3) is 0 Å². The highest BCUT2D eigenvalue weighted by molar-refractivity contribution is 9.10. The van der Waals surface area contributed by atoms with Gasteiger partial charge in [0.2, 0.25) is 5.91 Å². The average molecular weight is 436 g/mol. The highest BCUT2D eigenvalue weighted by Crippen LogP contribution is 2.35. The van der Waals surface area contributed by atoms with Crippen LogP contribution >= 0.6 is 15.9 Å². The van der Waals surface area contributed by atoms with Gasteiger partial charge in [0.25, 0.3) is 5.91 Å². The topological polar surface area (TPSA) is 96.3 Å². The molecule has 0 N–H and O–H groups in total. The molecular formula is C18H18BrN3O5. The molecule has 0 bridgehead atoms. The van der Waals surface area contributed by atoms with Crippen molar-refractivity contribution in [3.05, 3.63) is 28.7 Å². The number of nitrogens with zero attached hydrogens (tertiary/aromatic N) is 3. The number of esters is 1. The van der Waals surface area contributed by atoms with E-state index in [0.29, 0.717) is 5.69 Å². The molecule has 8 nitrogen and oxygen atoms in total. The van der Waals surface area contributed by atoms with E-state index in [0.717, 1.165) is 9.37 Å². The van der Waals surface area contributed by atoms with Crippen molar-refractivity contribution >= 4 is 50.9 Å². The molecule has 9 heteroatoms. The number of carbonyl (C=O) groups excluding carboxylic acids is 4. The van der Waals surface area contributed by atoms with Crippen molar-refractivity contribution in [2.75, 3.05) is 18.1 Å². The van der Waals surface area contributed by atoms with Crippen molar-refractivity contribution in [1.82, 2.24) is 5.01 Å². The maximum absolute atomic E-state index is 13.0. The first-order chi connectivity index (χ1) is 12.8. The first-order valence-electron chi connectivity index (χ1n) is 8.50. The van der Waals surface area contributed by atoms with Crippen LogP contribution < -0.4 is 4.90 Å². The Balaban J connectivity index is 1.96. The molecule has 142 valence electrons. The molecule has 1 saturated heterocycles. The number of anilines is 1. The SMILES string of the molecule is CCOC(=O)C1=NN(CCC(C)=O)[C@@H]2C(=O)N(c3ccc(Br)cc3)C(=O)[C@H]12. The fourth-order valence-corrected chi connectivity index (χ4v) is 3.43. The molecule has 2 atom stereocenters. The molecule has 1 aromatic rings. The lowest BCUT2D eigenvalue weighted by atomic mass is 9.98. The summed E-state index contributed by atoms with van der Waals surface area (Å²) in [5.41, 5.74) is 0.320. The van der Waals surface area contributed by atoms with E-state index in [1.807, 2.05) is 0 Å². The van der Waals surface area contributed by atoms with E-state index in [2.05, 4.69) is 21.0 Å². The van der Waals surface area contributed by atoms with Gasteiger partial charge in [0.1, 0.15) is 17.7 Å². The second-order valence-corrected chi connectivity index (χ2v) is 7.15. The van der Waals surface area contributed by atoms with Crippen molar-refractivity contribution in [1.29, 1.82) is 0 Å². The fourth-order valence-electron chi connectivity index (χ4n) is 3.16. The number of hydrogen-bond acceptors (Lipinski definition) is 7. The number of carbonyl (C=O) groups is 4. The summed E-state index contributed by atoms with van der Waals surface area (Å²) in [7, 11) is 0. The molecule has 2 heterocycles. The van der Waals surface area contributed by atoms with E-state index in [1.165, 1.54) is 11.9 Å². The highest BCUT2D eigenvalue weighted by atomic mass is 79.9. The van der Waals surface area contributed by atoms with Gasteiger partial charge in [-0.15, -0.1) is 0 Å². The number of ketones is 1. The maximum atomic E-state index is 13.0. The molecule has 1 fully saturated rings. The molecule has 2 aliphatic rings. The monoisotopic (exact) mass is 435 g/mol. The van der Waals surface area contributed by atoms with Gasteiger partial charge in [-0.05, 0) is 38.1 Å². The molecule has 3 rings (SSSR count). The van der Waals surface area contributed by atoms with E-state index < -0.39 is 29.7 Å². The van der Waals surface area contributed by atoms with Crippen LogP contribution in [0, 0.1) is 5.92 Å². The number of fused-ring (bicyclic) bond motifs is 1. The Kier molecular flexibility index (Phi) is 5.41. The lowest BCUT2D eigenvalue weighted by Gasteiger charge is -2.21. The largest absolute Gasteiger partial charge is 0.461 e. The summed E-state index contributed by atoms with van der Waals surface area (Å²) >= 11 is 3.31. The second kappa shape index (κ2) is 7.59. The third-order valence-corrected chi connectivity index (χ3v) is 4.92. The fraction of sp³-hybridized carbons (Fsp3) is 0.389. The van der Waals surface area contributed by atoms with E-state index in [4.69, 9.17) is 4.74 Å². The number of rotatable bonds is 6. The lowest BCUT2D eigenvalue weighted by Crippen LogP contribution is -2.39. The van der Waals surface area contributed by atoms with E-state index in [1.54, 1.807) is 31.2 Å². The van der Waals surface area contributed by atoms with Crippen molar-refractivity contribution < 1.29 is 23.9 Å². The Labute approximate surface area is 164 Å². The Hall–Kier alpha value is -2.55. The van der Waals surface area contributed by atoms with Crippen LogP contribution in [0.4, 0.5) is 5.69 Å². The molecule has 2 aliphatic heterocycles. The predicted octanol–water partition coefficient (Wildman–Crippen LogP) is 1.52. The van der Waals surface area contributed by atoms with Gasteiger partial charge in [-0.1, -0.05) is 15.9 Å². The molecule has 0 saturated carbocycles. The van der Waals surface area contributed by atoms with Gasteiger partial charge in [-0.25, -0.2) is 9.69 Å². The average Bonchev–Trinajstić information content (AvgIpc) is 3.12. The minimum Gasteiger partial charge on any atom is -0.461 e. The van der Waals surface area contributed by atoms with E-state index >= 15 is 0 Å². The minimum atomic E-state index is -1.04. The van der Waals surface area contributed by atoms with Gasteiger partial charge in [0.15, 0.2) is 5.71 Å². The number of halogens is 1. The van der Waals surface area contributed by atoms with Crippen LogP contribution in [0.3, 0.4) is 0 Å². The number of ether oxygens (including phenoxy) is 1. The van der Waals surface area contributed by atoms with Crippen molar-refractivity contribution in [2.45, 2.75) is 26.3 Å². The van der Waals surface area contributed by atoms with Crippen molar-refractivity contribution in [3.63, 3.8) is 0 Å². The Morgan fingerprint density at radius 3 is 2.44 bits per heavy atom. The van der Waals surface area contributed by atoms with Gasteiger partial charge in [-0.2, -0.15) is 5.10 Å². The first-order valence-corrected chi connectivity index (χ1v) is 9.29. The summed E-state index contributed by atoms with van der Waals surface area (Å²) in [4.78, 5) is 50.7. The van der Waals surface area contributed by atoms with E-state index in [-0.39, 0.29) is 31.1 Å². The molecule has 0 aromatic heterocycles. The van der Waals surface area contributed by atoms with Crippen LogP contribution in [0.2, 0.25) is 0 Å². The number of hydrogen-bond donors (Lipinski definition) is 0. The Morgan fingerprint density at radius 2 is 1.85 bits per heavy atom. The van der Waals surface area contributed by atoms with Crippen LogP contribution in [-0.4, -0.2) is 53.5 Å². The van der Waals surface area contributed by atoms with Crippen molar-refractivity contribution in [3.8, 4) is 0 Å². The molecule has 2 amide bonds. The highest BCUT2D eigenvalue weighted by Gasteiger charge is 2.58. The molecule has 27 heavy (non-hydrogen) atoms. The van der Waals surface area contributed by atoms with Crippen LogP contribution in [0.1, 0.15) is 20.3 Å². The molecule has 0 spiro atoms.